The summed E-state index contributed by atoms with van der Waals surface area (Å²) in [7, 11) is 1.62. The Labute approximate surface area is 86.1 Å². The van der Waals surface area contributed by atoms with Crippen LogP contribution in [0.2, 0.25) is 5.02 Å². The number of rotatable bonds is 3. The Morgan fingerprint density at radius 1 is 1.43 bits per heavy atom. The summed E-state index contributed by atoms with van der Waals surface area (Å²) in [6, 6.07) is 2.73. The van der Waals surface area contributed by atoms with Crippen molar-refractivity contribution in [2.24, 2.45) is 0 Å². The number of hydrogen-bond acceptors (Lipinski definition) is 4. The van der Waals surface area contributed by atoms with Crippen LogP contribution < -0.4 is 5.32 Å². The predicted octanol–water partition coefficient (Wildman–Crippen LogP) is 1.15. The van der Waals surface area contributed by atoms with Gasteiger partial charge in [0.2, 0.25) is 0 Å². The molecule has 76 valence electrons. The van der Waals surface area contributed by atoms with Gasteiger partial charge in [-0.1, -0.05) is 11.6 Å². The predicted molar refractivity (Wildman–Crippen MR) is 53.0 cm³/mol. The van der Waals surface area contributed by atoms with Gasteiger partial charge in [0, 0.05) is 0 Å². The van der Waals surface area contributed by atoms with Crippen LogP contribution in [-0.4, -0.2) is 29.6 Å². The Morgan fingerprint density at radius 2 is 2.07 bits per heavy atom. The molecular formula is C9H10ClNO3. The molecule has 0 amide bonds. The van der Waals surface area contributed by atoms with E-state index in [0.29, 0.717) is 0 Å². The van der Waals surface area contributed by atoms with E-state index < -0.39 is 11.5 Å². The fourth-order valence-corrected chi connectivity index (χ4v) is 1.19. The van der Waals surface area contributed by atoms with Crippen molar-refractivity contribution >= 4 is 17.4 Å². The maximum absolute atomic E-state index is 11.4. The zero-order chi connectivity index (χ0) is 10.7. The first kappa shape index (κ1) is 10.8. The number of aromatic hydroxyl groups is 2. The van der Waals surface area contributed by atoms with Gasteiger partial charge in [-0.25, -0.2) is 0 Å². The number of benzene rings is 1. The number of carbonyl (C=O) groups is 1. The van der Waals surface area contributed by atoms with Crippen LogP contribution in [0.5, 0.6) is 11.5 Å². The van der Waals surface area contributed by atoms with Gasteiger partial charge in [-0.3, -0.25) is 4.79 Å². The van der Waals surface area contributed by atoms with Gasteiger partial charge in [-0.2, -0.15) is 0 Å². The molecule has 0 aliphatic heterocycles. The molecular weight excluding hydrogens is 206 g/mol. The summed E-state index contributed by atoms with van der Waals surface area (Å²) in [6.45, 7) is 0.0919. The largest absolute Gasteiger partial charge is 0.504 e. The minimum atomic E-state index is -0.474. The molecule has 0 radical (unpaired) electrons. The minimum absolute atomic E-state index is 0.0171. The van der Waals surface area contributed by atoms with Crippen molar-refractivity contribution in [2.45, 2.75) is 0 Å². The van der Waals surface area contributed by atoms with Gasteiger partial charge in [0.25, 0.3) is 0 Å². The second-order valence-electron chi connectivity index (χ2n) is 2.75. The quantitative estimate of drug-likeness (QED) is 0.523. The molecule has 3 N–H and O–H groups in total. The van der Waals surface area contributed by atoms with E-state index in [1.807, 2.05) is 0 Å². The smallest absolute Gasteiger partial charge is 0.180 e. The zero-order valence-electron chi connectivity index (χ0n) is 7.54. The highest BCUT2D eigenvalue weighted by molar-refractivity contribution is 6.32. The Kier molecular flexibility index (Phi) is 3.33. The number of ketones is 1. The van der Waals surface area contributed by atoms with Gasteiger partial charge in [0.15, 0.2) is 17.3 Å². The van der Waals surface area contributed by atoms with Crippen LogP contribution in [0.3, 0.4) is 0 Å². The van der Waals surface area contributed by atoms with E-state index in [4.69, 9.17) is 11.6 Å². The second-order valence-corrected chi connectivity index (χ2v) is 3.15. The molecule has 0 heterocycles. The molecule has 1 aromatic rings. The molecule has 0 spiro atoms. The molecule has 0 unspecified atom stereocenters. The summed E-state index contributed by atoms with van der Waals surface area (Å²) in [6.07, 6.45) is 0. The summed E-state index contributed by atoms with van der Waals surface area (Å²) < 4.78 is 0. The first-order valence-corrected chi connectivity index (χ1v) is 4.34. The molecule has 0 bridgehead atoms. The van der Waals surface area contributed by atoms with Crippen LogP contribution in [0.15, 0.2) is 12.1 Å². The average Bonchev–Trinajstić information content (AvgIpc) is 2.15. The first-order chi connectivity index (χ1) is 6.57. The lowest BCUT2D eigenvalue weighted by atomic mass is 10.1. The fraction of sp³-hybridized carbons (Fsp3) is 0.222. The zero-order valence-corrected chi connectivity index (χ0v) is 8.30. The van der Waals surface area contributed by atoms with Crippen molar-refractivity contribution in [3.63, 3.8) is 0 Å². The highest BCUT2D eigenvalue weighted by Crippen LogP contribution is 2.35. The van der Waals surface area contributed by atoms with Crippen molar-refractivity contribution in [1.82, 2.24) is 5.32 Å². The summed E-state index contributed by atoms with van der Waals surface area (Å²) in [5.74, 6) is -1.25. The number of carbonyl (C=O) groups excluding carboxylic acids is 1. The lowest BCUT2D eigenvalue weighted by Gasteiger charge is -2.05. The van der Waals surface area contributed by atoms with E-state index in [0.717, 1.165) is 0 Å². The summed E-state index contributed by atoms with van der Waals surface area (Å²) in [5.41, 5.74) is 0.0567. The van der Waals surface area contributed by atoms with Gasteiger partial charge >= 0.3 is 0 Å². The Balaban J connectivity index is 3.11. The van der Waals surface area contributed by atoms with Crippen molar-refractivity contribution in [1.29, 1.82) is 0 Å². The molecule has 0 atom stereocenters. The molecule has 4 nitrogen and oxygen atoms in total. The maximum atomic E-state index is 11.4. The molecule has 5 heteroatoms. The summed E-state index contributed by atoms with van der Waals surface area (Å²) in [4.78, 5) is 11.4. The fourth-order valence-electron chi connectivity index (χ4n) is 1.04. The van der Waals surface area contributed by atoms with E-state index in [2.05, 4.69) is 5.32 Å². The standard InChI is InChI=1S/C9H10ClNO3/c1-11-4-7(12)5-2-3-6(10)9(14)8(5)13/h2-3,11,13-14H,4H2,1H3. The monoisotopic (exact) mass is 215 g/mol. The molecule has 0 saturated heterocycles. The molecule has 14 heavy (non-hydrogen) atoms. The van der Waals surface area contributed by atoms with Crippen LogP contribution >= 0.6 is 11.6 Å². The Hall–Kier alpha value is -1.26. The third-order valence-corrected chi connectivity index (χ3v) is 2.04. The van der Waals surface area contributed by atoms with E-state index in [9.17, 15) is 15.0 Å². The number of nitrogens with one attached hydrogen (secondary N) is 1. The maximum Gasteiger partial charge on any atom is 0.180 e. The van der Waals surface area contributed by atoms with E-state index >= 15 is 0 Å². The number of likely N-dealkylation sites (N-methyl/N-ethyl adjacent to an activating group) is 1. The minimum Gasteiger partial charge on any atom is -0.504 e. The summed E-state index contributed by atoms with van der Waals surface area (Å²) >= 11 is 5.53. The SMILES string of the molecule is CNCC(=O)c1ccc(Cl)c(O)c1O. The van der Waals surface area contributed by atoms with Crippen molar-refractivity contribution in [3.8, 4) is 11.5 Å². The summed E-state index contributed by atoms with van der Waals surface area (Å²) in [5, 5.41) is 21.3. The lowest BCUT2D eigenvalue weighted by Crippen LogP contribution is -2.18. The van der Waals surface area contributed by atoms with Gasteiger partial charge in [-0.15, -0.1) is 0 Å². The normalized spacial score (nSPS) is 10.1. The van der Waals surface area contributed by atoms with Crippen LogP contribution in [0.25, 0.3) is 0 Å². The molecule has 0 aliphatic rings. The van der Waals surface area contributed by atoms with Gasteiger partial charge in [0.05, 0.1) is 17.1 Å². The van der Waals surface area contributed by atoms with Gasteiger partial charge < -0.3 is 15.5 Å². The van der Waals surface area contributed by atoms with Crippen LogP contribution in [0, 0.1) is 0 Å². The van der Waals surface area contributed by atoms with Crippen molar-refractivity contribution in [2.75, 3.05) is 13.6 Å². The van der Waals surface area contributed by atoms with E-state index in [1.54, 1.807) is 7.05 Å². The number of Topliss-reactive ketones (excluding diaryl/α,β-unsaturated/α-hetero) is 1. The highest BCUT2D eigenvalue weighted by atomic mass is 35.5. The Morgan fingerprint density at radius 3 is 2.64 bits per heavy atom. The molecule has 0 fully saturated rings. The van der Waals surface area contributed by atoms with Crippen LogP contribution in [0.1, 0.15) is 10.4 Å². The van der Waals surface area contributed by atoms with Crippen molar-refractivity contribution < 1.29 is 15.0 Å². The average molecular weight is 216 g/mol. The van der Waals surface area contributed by atoms with Gasteiger partial charge in [-0.05, 0) is 19.2 Å². The van der Waals surface area contributed by atoms with Crippen molar-refractivity contribution in [3.05, 3.63) is 22.7 Å². The molecule has 1 aromatic carbocycles. The van der Waals surface area contributed by atoms with E-state index in [1.165, 1.54) is 12.1 Å². The first-order valence-electron chi connectivity index (χ1n) is 3.96. The lowest BCUT2D eigenvalue weighted by molar-refractivity contribution is 0.0990. The third-order valence-electron chi connectivity index (χ3n) is 1.74. The number of halogens is 1. The van der Waals surface area contributed by atoms with Crippen LogP contribution in [-0.2, 0) is 0 Å². The third kappa shape index (κ3) is 1.97. The topological polar surface area (TPSA) is 69.6 Å². The molecule has 0 aliphatic carbocycles. The molecule has 1 rings (SSSR count). The number of hydrogen-bond donors (Lipinski definition) is 3. The molecule has 0 saturated carbocycles. The van der Waals surface area contributed by atoms with Crippen LogP contribution in [0.4, 0.5) is 0 Å². The Bertz CT molecular complexity index is 365. The second kappa shape index (κ2) is 4.30. The van der Waals surface area contributed by atoms with E-state index in [-0.39, 0.29) is 22.9 Å². The number of phenolic OH excluding ortho intramolecular Hbond substituents is 2. The number of phenols is 2. The highest BCUT2D eigenvalue weighted by Gasteiger charge is 2.15. The van der Waals surface area contributed by atoms with Gasteiger partial charge in [0.1, 0.15) is 0 Å². The molecule has 0 aromatic heterocycles.